The van der Waals surface area contributed by atoms with Gasteiger partial charge in [0.1, 0.15) is 24.0 Å². The number of rotatable bonds is 8. The van der Waals surface area contributed by atoms with Crippen LogP contribution in [-0.4, -0.2) is 50.9 Å². The zero-order chi connectivity index (χ0) is 27.7. The number of oxazole rings is 1. The first kappa shape index (κ1) is 26.4. The molecule has 5 rings (SSSR count). The molecular formula is C27H27FN4O6S. The second kappa shape index (κ2) is 10.5. The first-order valence-corrected chi connectivity index (χ1v) is 13.5. The van der Waals surface area contributed by atoms with E-state index >= 15 is 0 Å². The number of benzene rings is 3. The van der Waals surface area contributed by atoms with Crippen molar-refractivity contribution in [1.29, 1.82) is 0 Å². The first-order chi connectivity index (χ1) is 18.7. The fraction of sp³-hybridized carbons (Fsp3) is 0.259. The van der Waals surface area contributed by atoms with Gasteiger partial charge in [0.15, 0.2) is 17.1 Å². The van der Waals surface area contributed by atoms with Crippen molar-refractivity contribution in [3.05, 3.63) is 83.2 Å². The summed E-state index contributed by atoms with van der Waals surface area (Å²) in [5, 5.41) is 0. The van der Waals surface area contributed by atoms with Crippen LogP contribution in [0.3, 0.4) is 0 Å². The van der Waals surface area contributed by atoms with Gasteiger partial charge in [-0.1, -0.05) is 36.4 Å². The summed E-state index contributed by atoms with van der Waals surface area (Å²) in [4.78, 5) is 19.5. The third kappa shape index (κ3) is 5.38. The van der Waals surface area contributed by atoms with Crippen molar-refractivity contribution in [2.75, 3.05) is 26.1 Å². The minimum Gasteiger partial charge on any atom is -0.493 e. The van der Waals surface area contributed by atoms with E-state index in [9.17, 15) is 17.6 Å². The van der Waals surface area contributed by atoms with Gasteiger partial charge < -0.3 is 18.8 Å². The van der Waals surface area contributed by atoms with E-state index in [0.717, 1.165) is 15.4 Å². The number of nitrogens with one attached hydrogen (secondary N) is 1. The number of aromatic nitrogens is 1. The summed E-state index contributed by atoms with van der Waals surface area (Å²) in [7, 11) is 0.0842. The van der Waals surface area contributed by atoms with E-state index in [4.69, 9.17) is 13.9 Å². The van der Waals surface area contributed by atoms with Gasteiger partial charge in [0.2, 0.25) is 0 Å². The van der Waals surface area contributed by atoms with Crippen LogP contribution in [0.1, 0.15) is 16.7 Å². The predicted molar refractivity (Wildman–Crippen MR) is 142 cm³/mol. The molecule has 0 saturated heterocycles. The molecule has 1 atom stereocenters. The second-order valence-electron chi connectivity index (χ2n) is 9.22. The van der Waals surface area contributed by atoms with Crippen LogP contribution >= 0.6 is 0 Å². The summed E-state index contributed by atoms with van der Waals surface area (Å²) < 4.78 is 59.5. The molecule has 0 bridgehead atoms. The van der Waals surface area contributed by atoms with Gasteiger partial charge in [0.05, 0.1) is 7.11 Å². The average Bonchev–Trinajstić information content (AvgIpc) is 3.34. The van der Waals surface area contributed by atoms with Crippen molar-refractivity contribution in [3.8, 4) is 11.5 Å². The molecule has 4 aromatic rings. The van der Waals surface area contributed by atoms with Gasteiger partial charge in [-0.25, -0.2) is 9.11 Å². The van der Waals surface area contributed by atoms with Crippen LogP contribution in [-0.2, 0) is 34.6 Å². The average molecular weight is 555 g/mol. The van der Waals surface area contributed by atoms with Crippen molar-refractivity contribution >= 4 is 33.2 Å². The standard InChI is InChI=1S/C27H27FN4O6S/c1-31(2)39(34,35)30-26(33)22-14-20-18(15-32(22)27-29-21-11-10-19(28)13-24(21)38-27)9-12-23(36-3)25(20)37-16-17-7-5-4-6-8-17/h4-13,22H,14-16H2,1-3H3,(H,30,33)/t22-/m0/s1. The SMILES string of the molecule is COc1ccc2c(c1OCc1ccccc1)C[C@@H](C(=O)NS(=O)(=O)N(C)C)N(c1nc3ccc(F)cc3o1)C2. The normalized spacial score (nSPS) is 15.3. The van der Waals surface area contributed by atoms with Gasteiger partial charge in [-0.05, 0) is 29.3 Å². The van der Waals surface area contributed by atoms with Crippen LogP contribution in [0.4, 0.5) is 10.4 Å². The Balaban J connectivity index is 1.56. The Kier molecular flexibility index (Phi) is 7.15. The van der Waals surface area contributed by atoms with Gasteiger partial charge >= 0.3 is 10.2 Å². The highest BCUT2D eigenvalue weighted by Gasteiger charge is 2.38. The van der Waals surface area contributed by atoms with Crippen LogP contribution < -0.4 is 19.1 Å². The molecule has 1 amide bonds. The molecule has 1 aromatic heterocycles. The highest BCUT2D eigenvalue weighted by Crippen LogP contribution is 2.40. The summed E-state index contributed by atoms with van der Waals surface area (Å²) in [6.45, 7) is 0.413. The third-order valence-electron chi connectivity index (χ3n) is 6.48. The Morgan fingerprint density at radius 3 is 2.67 bits per heavy atom. The quantitative estimate of drug-likeness (QED) is 0.353. The maximum absolute atomic E-state index is 13.8. The van der Waals surface area contributed by atoms with Crippen molar-refractivity contribution in [1.82, 2.24) is 14.0 Å². The molecule has 1 aliphatic heterocycles. The Morgan fingerprint density at radius 1 is 1.18 bits per heavy atom. The molecule has 1 N–H and O–H groups in total. The first-order valence-electron chi connectivity index (χ1n) is 12.1. The largest absolute Gasteiger partial charge is 0.493 e. The number of fused-ring (bicyclic) bond motifs is 2. The number of amides is 1. The molecular weight excluding hydrogens is 527 g/mol. The molecule has 0 spiro atoms. The summed E-state index contributed by atoms with van der Waals surface area (Å²) in [6.07, 6.45) is 0.0680. The maximum atomic E-state index is 13.8. The zero-order valence-electron chi connectivity index (χ0n) is 21.5. The van der Waals surface area contributed by atoms with E-state index in [1.807, 2.05) is 36.4 Å². The van der Waals surface area contributed by atoms with Crippen LogP contribution in [0.25, 0.3) is 11.1 Å². The number of hydrogen-bond acceptors (Lipinski definition) is 8. The lowest BCUT2D eigenvalue weighted by molar-refractivity contribution is -0.120. The molecule has 3 aromatic carbocycles. The van der Waals surface area contributed by atoms with E-state index < -0.39 is 28.0 Å². The van der Waals surface area contributed by atoms with Crippen molar-refractivity contribution in [2.24, 2.45) is 0 Å². The summed E-state index contributed by atoms with van der Waals surface area (Å²) in [5.74, 6) is -0.325. The predicted octanol–water partition coefficient (Wildman–Crippen LogP) is 3.41. The Bertz CT molecular complexity index is 1620. The van der Waals surface area contributed by atoms with Gasteiger partial charge in [0, 0.05) is 38.7 Å². The zero-order valence-corrected chi connectivity index (χ0v) is 22.4. The molecule has 12 heteroatoms. The number of carbonyl (C=O) groups is 1. The van der Waals surface area contributed by atoms with E-state index in [2.05, 4.69) is 9.71 Å². The number of carbonyl (C=O) groups excluding carboxylic acids is 1. The van der Waals surface area contributed by atoms with Crippen LogP contribution in [0, 0.1) is 5.82 Å². The number of ether oxygens (including phenoxy) is 2. The molecule has 0 aliphatic carbocycles. The fourth-order valence-corrected chi connectivity index (χ4v) is 4.97. The lowest BCUT2D eigenvalue weighted by atomic mass is 9.92. The molecule has 2 heterocycles. The van der Waals surface area contributed by atoms with Gasteiger partial charge in [-0.3, -0.25) is 4.79 Å². The minimum atomic E-state index is -4.08. The summed E-state index contributed by atoms with van der Waals surface area (Å²) >= 11 is 0. The Morgan fingerprint density at radius 2 is 1.95 bits per heavy atom. The molecule has 10 nitrogen and oxygen atoms in total. The van der Waals surface area contributed by atoms with E-state index in [-0.39, 0.29) is 31.2 Å². The number of hydrogen-bond donors (Lipinski definition) is 1. The van der Waals surface area contributed by atoms with Crippen molar-refractivity contribution in [3.63, 3.8) is 0 Å². The minimum absolute atomic E-state index is 0.0613. The van der Waals surface area contributed by atoms with Gasteiger partial charge in [0.25, 0.3) is 11.9 Å². The van der Waals surface area contributed by atoms with Crippen molar-refractivity contribution < 1.29 is 31.5 Å². The monoisotopic (exact) mass is 554 g/mol. The summed E-state index contributed by atoms with van der Waals surface area (Å²) in [6, 6.07) is 16.2. The highest BCUT2D eigenvalue weighted by molar-refractivity contribution is 7.87. The van der Waals surface area contributed by atoms with Crippen LogP contribution in [0.2, 0.25) is 0 Å². The van der Waals surface area contributed by atoms with Gasteiger partial charge in [-0.2, -0.15) is 17.7 Å². The topological polar surface area (TPSA) is 114 Å². The molecule has 0 fully saturated rings. The smallest absolute Gasteiger partial charge is 0.303 e. The van der Waals surface area contributed by atoms with Crippen LogP contribution in [0.15, 0.2) is 65.1 Å². The maximum Gasteiger partial charge on any atom is 0.303 e. The number of methoxy groups -OCH3 is 1. The molecule has 0 radical (unpaired) electrons. The molecule has 1 aliphatic rings. The second-order valence-corrected chi connectivity index (χ2v) is 11.1. The Labute approximate surface area is 225 Å². The lowest BCUT2D eigenvalue weighted by Crippen LogP contribution is -2.53. The fourth-order valence-electron chi connectivity index (χ4n) is 4.40. The number of nitrogens with zero attached hydrogens (tertiary/aromatic N) is 3. The molecule has 0 unspecified atom stereocenters. The van der Waals surface area contributed by atoms with Crippen molar-refractivity contribution in [2.45, 2.75) is 25.6 Å². The number of halogens is 1. The highest BCUT2D eigenvalue weighted by atomic mass is 32.2. The third-order valence-corrected chi connectivity index (χ3v) is 7.90. The Hall–Kier alpha value is -4.16. The lowest BCUT2D eigenvalue weighted by Gasteiger charge is -2.36. The molecule has 39 heavy (non-hydrogen) atoms. The molecule has 204 valence electrons. The van der Waals surface area contributed by atoms with Gasteiger partial charge in [-0.15, -0.1) is 0 Å². The van der Waals surface area contributed by atoms with E-state index in [0.29, 0.717) is 22.6 Å². The molecule has 0 saturated carbocycles. The summed E-state index contributed by atoms with van der Waals surface area (Å²) in [5.41, 5.74) is 3.06. The van der Waals surface area contributed by atoms with E-state index in [1.165, 1.54) is 39.4 Å². The number of anilines is 1. The van der Waals surface area contributed by atoms with Crippen LogP contribution in [0.5, 0.6) is 11.5 Å². The van der Waals surface area contributed by atoms with E-state index in [1.54, 1.807) is 11.0 Å².